The van der Waals surface area contributed by atoms with Crippen molar-refractivity contribution in [2.24, 2.45) is 7.05 Å². The number of rotatable bonds is 5. The predicted molar refractivity (Wildman–Crippen MR) is 79.8 cm³/mol. The Morgan fingerprint density at radius 3 is 2.68 bits per heavy atom. The number of imidazole rings is 1. The van der Waals surface area contributed by atoms with E-state index in [-0.39, 0.29) is 6.04 Å². The number of nitrogens with zero attached hydrogens (tertiary/aromatic N) is 2. The second-order valence-corrected chi connectivity index (χ2v) is 5.34. The van der Waals surface area contributed by atoms with Gasteiger partial charge in [-0.3, -0.25) is 0 Å². The topological polar surface area (TPSA) is 29.9 Å². The lowest BCUT2D eigenvalue weighted by Crippen LogP contribution is -2.23. The van der Waals surface area contributed by atoms with Crippen LogP contribution in [0.15, 0.2) is 30.7 Å². The Morgan fingerprint density at radius 1 is 1.32 bits per heavy atom. The Morgan fingerprint density at radius 2 is 2.11 bits per heavy atom. The molecular formula is C14H17Cl2N3. The van der Waals surface area contributed by atoms with Crippen molar-refractivity contribution in [3.8, 4) is 0 Å². The maximum absolute atomic E-state index is 6.05. The zero-order chi connectivity index (χ0) is 13.8. The van der Waals surface area contributed by atoms with Crippen molar-refractivity contribution >= 4 is 23.2 Å². The fourth-order valence-electron chi connectivity index (χ4n) is 2.04. The third-order valence-electron chi connectivity index (χ3n) is 2.96. The molecule has 3 nitrogen and oxygen atoms in total. The molecule has 0 saturated heterocycles. The number of nitrogens with one attached hydrogen (secondary N) is 1. The number of aromatic nitrogens is 2. The van der Waals surface area contributed by atoms with Crippen LogP contribution in [0.1, 0.15) is 24.2 Å². The average Bonchev–Trinajstić information content (AvgIpc) is 2.80. The van der Waals surface area contributed by atoms with Crippen LogP contribution in [-0.4, -0.2) is 16.1 Å². The molecule has 0 amide bonds. The van der Waals surface area contributed by atoms with Gasteiger partial charge in [0.2, 0.25) is 0 Å². The lowest BCUT2D eigenvalue weighted by Gasteiger charge is -2.16. The average molecular weight is 298 g/mol. The van der Waals surface area contributed by atoms with Crippen LogP contribution in [0.25, 0.3) is 0 Å². The van der Waals surface area contributed by atoms with Crippen molar-refractivity contribution in [3.05, 3.63) is 52.0 Å². The molecule has 0 aliphatic heterocycles. The highest BCUT2D eigenvalue weighted by Crippen LogP contribution is 2.25. The molecule has 1 heterocycles. The van der Waals surface area contributed by atoms with Crippen LogP contribution in [0.4, 0.5) is 0 Å². The van der Waals surface area contributed by atoms with Crippen LogP contribution < -0.4 is 5.32 Å². The molecule has 1 unspecified atom stereocenters. The molecule has 0 spiro atoms. The summed E-state index contributed by atoms with van der Waals surface area (Å²) >= 11 is 12.0. The van der Waals surface area contributed by atoms with Gasteiger partial charge in [-0.2, -0.15) is 0 Å². The molecule has 0 bridgehead atoms. The summed E-state index contributed by atoms with van der Waals surface area (Å²) in [5.74, 6) is 0. The van der Waals surface area contributed by atoms with Gasteiger partial charge in [-0.05, 0) is 30.7 Å². The van der Waals surface area contributed by atoms with Crippen molar-refractivity contribution < 1.29 is 0 Å². The minimum Gasteiger partial charge on any atom is -0.340 e. The zero-order valence-electron chi connectivity index (χ0n) is 11.0. The number of hydrogen-bond acceptors (Lipinski definition) is 2. The summed E-state index contributed by atoms with van der Waals surface area (Å²) in [6.07, 6.45) is 4.68. The zero-order valence-corrected chi connectivity index (χ0v) is 12.5. The molecule has 0 aliphatic carbocycles. The molecule has 0 aliphatic rings. The molecule has 0 fully saturated rings. The molecular weight excluding hydrogens is 281 g/mol. The summed E-state index contributed by atoms with van der Waals surface area (Å²) < 4.78 is 1.95. The van der Waals surface area contributed by atoms with E-state index in [2.05, 4.69) is 17.2 Å². The van der Waals surface area contributed by atoms with Crippen LogP contribution in [0.5, 0.6) is 0 Å². The van der Waals surface area contributed by atoms with E-state index in [1.165, 1.54) is 0 Å². The summed E-state index contributed by atoms with van der Waals surface area (Å²) in [5.41, 5.74) is 2.18. The monoisotopic (exact) mass is 297 g/mol. The van der Waals surface area contributed by atoms with Gasteiger partial charge in [0.25, 0.3) is 0 Å². The van der Waals surface area contributed by atoms with Crippen molar-refractivity contribution in [1.82, 2.24) is 14.9 Å². The first-order valence-corrected chi connectivity index (χ1v) is 7.01. The smallest absolute Gasteiger partial charge is 0.0947 e. The summed E-state index contributed by atoms with van der Waals surface area (Å²) in [5, 5.41) is 4.62. The maximum atomic E-state index is 6.05. The third-order valence-corrected chi connectivity index (χ3v) is 3.70. The number of hydrogen-bond donors (Lipinski definition) is 1. The first kappa shape index (κ1) is 14.4. The van der Waals surface area contributed by atoms with Crippen molar-refractivity contribution in [3.63, 3.8) is 0 Å². The van der Waals surface area contributed by atoms with E-state index in [1.54, 1.807) is 0 Å². The summed E-state index contributed by atoms with van der Waals surface area (Å²) in [4.78, 5) is 4.41. The molecule has 0 saturated carbocycles. The van der Waals surface area contributed by atoms with Gasteiger partial charge >= 0.3 is 0 Å². The van der Waals surface area contributed by atoms with Crippen LogP contribution >= 0.6 is 23.2 Å². The summed E-state index contributed by atoms with van der Waals surface area (Å²) in [7, 11) is 1.97. The molecule has 1 N–H and O–H groups in total. The van der Waals surface area contributed by atoms with Gasteiger partial charge < -0.3 is 9.88 Å². The number of halogens is 2. The second kappa shape index (κ2) is 6.42. The molecule has 5 heteroatoms. The van der Waals surface area contributed by atoms with Gasteiger partial charge in [0.15, 0.2) is 0 Å². The first-order valence-electron chi connectivity index (χ1n) is 6.25. The fraction of sp³-hybridized carbons (Fsp3) is 0.357. The minimum absolute atomic E-state index is 0.184. The molecule has 19 heavy (non-hydrogen) atoms. The standard InChI is InChI=1S/C14H17Cl2N3/c1-3-17-13(14-8-19(2)9-18-14)7-10-4-5-11(15)12(16)6-10/h4-6,8-9,13,17H,3,7H2,1-2H3. The van der Waals surface area contributed by atoms with Crippen LogP contribution in [0.2, 0.25) is 10.0 Å². The Kier molecular flexibility index (Phi) is 4.86. The Labute approximate surface area is 123 Å². The van der Waals surface area contributed by atoms with E-state index >= 15 is 0 Å². The van der Waals surface area contributed by atoms with E-state index in [9.17, 15) is 0 Å². The van der Waals surface area contributed by atoms with Crippen molar-refractivity contribution in [2.75, 3.05) is 6.54 Å². The predicted octanol–water partition coefficient (Wildman–Crippen LogP) is 3.62. The molecule has 102 valence electrons. The number of aryl methyl sites for hydroxylation is 1. The fourth-order valence-corrected chi connectivity index (χ4v) is 2.36. The van der Waals surface area contributed by atoms with Crippen LogP contribution in [-0.2, 0) is 13.5 Å². The van der Waals surface area contributed by atoms with Gasteiger partial charge in [0, 0.05) is 13.2 Å². The Bertz CT molecular complexity index is 551. The Balaban J connectivity index is 2.18. The quantitative estimate of drug-likeness (QED) is 0.913. The SMILES string of the molecule is CCNC(Cc1ccc(Cl)c(Cl)c1)c1cn(C)cn1. The van der Waals surface area contributed by atoms with Gasteiger partial charge in [-0.1, -0.05) is 36.2 Å². The number of benzene rings is 1. The van der Waals surface area contributed by atoms with E-state index in [4.69, 9.17) is 23.2 Å². The van der Waals surface area contributed by atoms with Gasteiger partial charge in [0.1, 0.15) is 0 Å². The van der Waals surface area contributed by atoms with Crippen molar-refractivity contribution in [2.45, 2.75) is 19.4 Å². The number of likely N-dealkylation sites (N-methyl/N-ethyl adjacent to an activating group) is 1. The minimum atomic E-state index is 0.184. The van der Waals surface area contributed by atoms with Crippen LogP contribution in [0.3, 0.4) is 0 Å². The van der Waals surface area contributed by atoms with Crippen LogP contribution in [0, 0.1) is 0 Å². The summed E-state index contributed by atoms with van der Waals surface area (Å²) in [6.45, 7) is 2.98. The first-order chi connectivity index (χ1) is 9.10. The maximum Gasteiger partial charge on any atom is 0.0947 e. The Hall–Kier alpha value is -1.03. The van der Waals surface area contributed by atoms with Gasteiger partial charge in [-0.15, -0.1) is 0 Å². The van der Waals surface area contributed by atoms with Crippen molar-refractivity contribution in [1.29, 1.82) is 0 Å². The highest BCUT2D eigenvalue weighted by Gasteiger charge is 2.14. The third kappa shape index (κ3) is 3.72. The highest BCUT2D eigenvalue weighted by molar-refractivity contribution is 6.42. The molecule has 0 radical (unpaired) electrons. The molecule has 1 atom stereocenters. The molecule has 2 aromatic rings. The van der Waals surface area contributed by atoms with E-state index in [0.29, 0.717) is 10.0 Å². The van der Waals surface area contributed by atoms with Gasteiger partial charge in [-0.25, -0.2) is 4.98 Å². The highest BCUT2D eigenvalue weighted by atomic mass is 35.5. The molecule has 1 aromatic carbocycles. The van der Waals surface area contributed by atoms with E-state index in [0.717, 1.165) is 24.2 Å². The van der Waals surface area contributed by atoms with E-state index < -0.39 is 0 Å². The lowest BCUT2D eigenvalue weighted by molar-refractivity contribution is 0.538. The molecule has 1 aromatic heterocycles. The molecule has 2 rings (SSSR count). The second-order valence-electron chi connectivity index (χ2n) is 4.53. The van der Waals surface area contributed by atoms with Gasteiger partial charge in [0.05, 0.1) is 28.1 Å². The largest absolute Gasteiger partial charge is 0.340 e. The lowest BCUT2D eigenvalue weighted by atomic mass is 10.0. The summed E-state index contributed by atoms with van der Waals surface area (Å²) in [6, 6.07) is 5.93. The van der Waals surface area contributed by atoms with E-state index in [1.807, 2.05) is 42.3 Å². The normalized spacial score (nSPS) is 12.6.